The van der Waals surface area contributed by atoms with Crippen molar-refractivity contribution in [2.24, 2.45) is 7.05 Å². The Morgan fingerprint density at radius 1 is 1.44 bits per heavy atom. The van der Waals surface area contributed by atoms with Crippen LogP contribution in [0.2, 0.25) is 0 Å². The minimum atomic E-state index is -0.0186. The SMILES string of the molecule is CNC(c1ccn(C)n1)c1cccnc1N. The molecule has 2 heterocycles. The third kappa shape index (κ3) is 1.90. The molecule has 0 fully saturated rings. The predicted octanol–water partition coefficient (Wildman–Crippen LogP) is 0.706. The van der Waals surface area contributed by atoms with Crippen molar-refractivity contribution in [3.05, 3.63) is 41.9 Å². The molecule has 2 rings (SSSR count). The highest BCUT2D eigenvalue weighted by molar-refractivity contribution is 5.44. The molecule has 84 valence electrons. The smallest absolute Gasteiger partial charge is 0.128 e. The van der Waals surface area contributed by atoms with E-state index in [0.717, 1.165) is 11.3 Å². The van der Waals surface area contributed by atoms with Gasteiger partial charge in [0.1, 0.15) is 5.82 Å². The summed E-state index contributed by atoms with van der Waals surface area (Å²) in [7, 11) is 3.77. The number of rotatable bonds is 3. The highest BCUT2D eigenvalue weighted by Crippen LogP contribution is 2.23. The molecule has 5 nitrogen and oxygen atoms in total. The van der Waals surface area contributed by atoms with Crippen molar-refractivity contribution in [3.63, 3.8) is 0 Å². The van der Waals surface area contributed by atoms with E-state index < -0.39 is 0 Å². The van der Waals surface area contributed by atoms with Gasteiger partial charge in [-0.05, 0) is 19.2 Å². The third-order valence-electron chi connectivity index (χ3n) is 2.50. The number of nitrogen functional groups attached to an aromatic ring is 1. The molecule has 3 N–H and O–H groups in total. The van der Waals surface area contributed by atoms with Crippen LogP contribution in [0.3, 0.4) is 0 Å². The van der Waals surface area contributed by atoms with Crippen molar-refractivity contribution in [2.75, 3.05) is 12.8 Å². The summed E-state index contributed by atoms with van der Waals surface area (Å²) in [6, 6.07) is 5.78. The van der Waals surface area contributed by atoms with E-state index in [1.807, 2.05) is 38.5 Å². The van der Waals surface area contributed by atoms with E-state index in [4.69, 9.17) is 5.73 Å². The molecule has 1 atom stereocenters. The summed E-state index contributed by atoms with van der Waals surface area (Å²) in [6.07, 6.45) is 3.59. The first kappa shape index (κ1) is 10.6. The quantitative estimate of drug-likeness (QED) is 0.794. The number of hydrogen-bond donors (Lipinski definition) is 2. The Hall–Kier alpha value is -1.88. The van der Waals surface area contributed by atoms with Gasteiger partial charge >= 0.3 is 0 Å². The van der Waals surface area contributed by atoms with Crippen molar-refractivity contribution in [2.45, 2.75) is 6.04 Å². The molecule has 0 aliphatic rings. The van der Waals surface area contributed by atoms with Crippen molar-refractivity contribution < 1.29 is 0 Å². The van der Waals surface area contributed by atoms with Gasteiger partial charge in [-0.25, -0.2) is 4.98 Å². The van der Waals surface area contributed by atoms with E-state index in [-0.39, 0.29) is 6.04 Å². The number of hydrogen-bond acceptors (Lipinski definition) is 4. The van der Waals surface area contributed by atoms with Crippen LogP contribution in [0, 0.1) is 0 Å². The lowest BCUT2D eigenvalue weighted by Crippen LogP contribution is -2.20. The molecule has 1 unspecified atom stereocenters. The molecule has 0 aliphatic heterocycles. The molecule has 0 aliphatic carbocycles. The fourth-order valence-corrected chi connectivity index (χ4v) is 1.72. The second kappa shape index (κ2) is 4.32. The zero-order valence-electron chi connectivity index (χ0n) is 9.38. The Bertz CT molecular complexity index is 477. The van der Waals surface area contributed by atoms with Gasteiger partial charge < -0.3 is 11.1 Å². The Kier molecular flexibility index (Phi) is 2.87. The van der Waals surface area contributed by atoms with Gasteiger partial charge in [0, 0.05) is 25.0 Å². The molecule has 0 aromatic carbocycles. The second-order valence-corrected chi connectivity index (χ2v) is 3.61. The van der Waals surface area contributed by atoms with Crippen LogP contribution in [0.5, 0.6) is 0 Å². The summed E-state index contributed by atoms with van der Waals surface area (Å²) < 4.78 is 1.77. The van der Waals surface area contributed by atoms with Gasteiger partial charge in [0.25, 0.3) is 0 Å². The Morgan fingerprint density at radius 3 is 2.81 bits per heavy atom. The number of pyridine rings is 1. The van der Waals surface area contributed by atoms with Gasteiger partial charge in [0.2, 0.25) is 0 Å². The average Bonchev–Trinajstić information content (AvgIpc) is 2.69. The van der Waals surface area contributed by atoms with E-state index in [1.54, 1.807) is 10.9 Å². The van der Waals surface area contributed by atoms with Crippen LogP contribution in [0.15, 0.2) is 30.6 Å². The maximum atomic E-state index is 5.86. The van der Waals surface area contributed by atoms with Gasteiger partial charge in [-0.1, -0.05) is 6.07 Å². The van der Waals surface area contributed by atoms with Crippen molar-refractivity contribution in [1.82, 2.24) is 20.1 Å². The van der Waals surface area contributed by atoms with Crippen molar-refractivity contribution in [3.8, 4) is 0 Å². The summed E-state index contributed by atoms with van der Waals surface area (Å²) in [5, 5.41) is 7.56. The molecule has 0 bridgehead atoms. The van der Waals surface area contributed by atoms with Gasteiger partial charge in [-0.3, -0.25) is 4.68 Å². The molecule has 2 aromatic rings. The lowest BCUT2D eigenvalue weighted by Gasteiger charge is -2.15. The number of aromatic nitrogens is 3. The number of anilines is 1. The molecule has 0 saturated heterocycles. The molecule has 2 aromatic heterocycles. The topological polar surface area (TPSA) is 68.8 Å². The molecule has 16 heavy (non-hydrogen) atoms. The summed E-state index contributed by atoms with van der Waals surface area (Å²) in [5.41, 5.74) is 7.74. The Labute approximate surface area is 94.3 Å². The Morgan fingerprint density at radius 2 is 2.25 bits per heavy atom. The maximum Gasteiger partial charge on any atom is 0.128 e. The summed E-state index contributed by atoms with van der Waals surface area (Å²) in [5.74, 6) is 0.535. The molecule has 0 radical (unpaired) electrons. The number of nitrogens with one attached hydrogen (secondary N) is 1. The van der Waals surface area contributed by atoms with E-state index in [9.17, 15) is 0 Å². The van der Waals surface area contributed by atoms with E-state index in [2.05, 4.69) is 15.4 Å². The van der Waals surface area contributed by atoms with Crippen LogP contribution < -0.4 is 11.1 Å². The maximum absolute atomic E-state index is 5.86. The molecule has 0 amide bonds. The highest BCUT2D eigenvalue weighted by atomic mass is 15.3. The first-order chi connectivity index (χ1) is 7.72. The highest BCUT2D eigenvalue weighted by Gasteiger charge is 2.17. The normalized spacial score (nSPS) is 12.6. The fourth-order valence-electron chi connectivity index (χ4n) is 1.72. The fraction of sp³-hybridized carbons (Fsp3) is 0.273. The van der Waals surface area contributed by atoms with Gasteiger partial charge in [-0.15, -0.1) is 0 Å². The summed E-state index contributed by atoms with van der Waals surface area (Å²) in [4.78, 5) is 4.08. The van der Waals surface area contributed by atoms with Crippen LogP contribution in [-0.4, -0.2) is 21.8 Å². The van der Waals surface area contributed by atoms with E-state index >= 15 is 0 Å². The largest absolute Gasteiger partial charge is 0.383 e. The standard InChI is InChI=1S/C11H15N5/c1-13-10(9-5-7-16(2)15-9)8-4-3-6-14-11(8)12/h3-7,10,13H,1-2H3,(H2,12,14). The monoisotopic (exact) mass is 217 g/mol. The van der Waals surface area contributed by atoms with Crippen molar-refractivity contribution in [1.29, 1.82) is 0 Å². The van der Waals surface area contributed by atoms with Crippen LogP contribution in [0.1, 0.15) is 17.3 Å². The zero-order valence-corrected chi connectivity index (χ0v) is 9.38. The minimum absolute atomic E-state index is 0.0186. The predicted molar refractivity (Wildman–Crippen MR) is 62.8 cm³/mol. The molecular weight excluding hydrogens is 202 g/mol. The summed E-state index contributed by atoms with van der Waals surface area (Å²) in [6.45, 7) is 0. The number of aryl methyl sites for hydroxylation is 1. The minimum Gasteiger partial charge on any atom is -0.383 e. The van der Waals surface area contributed by atoms with Crippen LogP contribution >= 0.6 is 0 Å². The molecular formula is C11H15N5. The van der Waals surface area contributed by atoms with E-state index in [0.29, 0.717) is 5.82 Å². The molecule has 5 heteroatoms. The molecule has 0 saturated carbocycles. The first-order valence-electron chi connectivity index (χ1n) is 5.09. The lowest BCUT2D eigenvalue weighted by atomic mass is 10.1. The summed E-state index contributed by atoms with van der Waals surface area (Å²) >= 11 is 0. The van der Waals surface area contributed by atoms with Gasteiger partial charge in [-0.2, -0.15) is 5.10 Å². The van der Waals surface area contributed by atoms with Crippen LogP contribution in [0.4, 0.5) is 5.82 Å². The zero-order chi connectivity index (χ0) is 11.5. The lowest BCUT2D eigenvalue weighted by molar-refractivity contribution is 0.642. The van der Waals surface area contributed by atoms with Gasteiger partial charge in [0.15, 0.2) is 0 Å². The van der Waals surface area contributed by atoms with Crippen LogP contribution in [-0.2, 0) is 7.05 Å². The average molecular weight is 217 g/mol. The van der Waals surface area contributed by atoms with Crippen molar-refractivity contribution >= 4 is 5.82 Å². The van der Waals surface area contributed by atoms with E-state index in [1.165, 1.54) is 0 Å². The first-order valence-corrected chi connectivity index (χ1v) is 5.09. The number of nitrogens with zero attached hydrogens (tertiary/aromatic N) is 3. The Balaban J connectivity index is 2.40. The number of nitrogens with two attached hydrogens (primary N) is 1. The third-order valence-corrected chi connectivity index (χ3v) is 2.50. The van der Waals surface area contributed by atoms with Crippen LogP contribution in [0.25, 0.3) is 0 Å². The van der Waals surface area contributed by atoms with Gasteiger partial charge in [0.05, 0.1) is 11.7 Å². The second-order valence-electron chi connectivity index (χ2n) is 3.61. The molecule has 0 spiro atoms.